The van der Waals surface area contributed by atoms with E-state index in [0.29, 0.717) is 28.7 Å². The van der Waals surface area contributed by atoms with Crippen molar-refractivity contribution >= 4 is 5.91 Å². The maximum absolute atomic E-state index is 12.4. The Morgan fingerprint density at radius 3 is 2.81 bits per heavy atom. The Labute approximate surface area is 184 Å². The first-order chi connectivity index (χ1) is 15.5. The number of nitrogens with zero attached hydrogens (tertiary/aromatic N) is 2. The molecule has 4 rings (SSSR count). The third-order valence-electron chi connectivity index (χ3n) is 4.88. The number of hydrogen-bond acceptors (Lipinski definition) is 7. The number of rotatable bonds is 8. The maximum atomic E-state index is 12.4. The molecule has 9 nitrogen and oxygen atoms in total. The van der Waals surface area contributed by atoms with Gasteiger partial charge in [0.25, 0.3) is 11.5 Å². The minimum Gasteiger partial charge on any atom is -0.497 e. The van der Waals surface area contributed by atoms with Crippen LogP contribution in [0.3, 0.4) is 0 Å². The maximum Gasteiger partial charge on any atom is 0.266 e. The van der Waals surface area contributed by atoms with Gasteiger partial charge < -0.3 is 24.3 Å². The largest absolute Gasteiger partial charge is 0.497 e. The summed E-state index contributed by atoms with van der Waals surface area (Å²) in [4.78, 5) is 24.6. The standard InChI is InChI=1S/C23H23N3O6/c1-15(32-18-6-8-20-21(13-18)31-14-30-20)23(28)24-10-11-26-22(27)9-7-19(25-26)16-4-3-5-17(12-16)29-2/h3-9,12-13,15H,10-11,14H2,1-2H3,(H,24,28). The van der Waals surface area contributed by atoms with E-state index in [1.165, 1.54) is 10.7 Å². The number of aromatic nitrogens is 2. The van der Waals surface area contributed by atoms with Gasteiger partial charge in [-0.25, -0.2) is 4.68 Å². The fourth-order valence-electron chi connectivity index (χ4n) is 3.18. The number of amides is 1. The number of nitrogens with one attached hydrogen (secondary N) is 1. The molecule has 1 aliphatic heterocycles. The smallest absolute Gasteiger partial charge is 0.266 e. The summed E-state index contributed by atoms with van der Waals surface area (Å²) >= 11 is 0. The van der Waals surface area contributed by atoms with Crippen molar-refractivity contribution in [1.29, 1.82) is 0 Å². The molecule has 1 amide bonds. The van der Waals surface area contributed by atoms with Crippen LogP contribution in [0.2, 0.25) is 0 Å². The van der Waals surface area contributed by atoms with Crippen LogP contribution in [0.1, 0.15) is 6.92 Å². The quantitative estimate of drug-likeness (QED) is 0.577. The molecular formula is C23H23N3O6. The highest BCUT2D eigenvalue weighted by atomic mass is 16.7. The first kappa shape index (κ1) is 21.2. The summed E-state index contributed by atoms with van der Waals surface area (Å²) in [6.45, 7) is 2.26. The summed E-state index contributed by atoms with van der Waals surface area (Å²) in [5.41, 5.74) is 1.21. The van der Waals surface area contributed by atoms with Gasteiger partial charge in [0.2, 0.25) is 6.79 Å². The van der Waals surface area contributed by atoms with Crippen molar-refractivity contribution in [1.82, 2.24) is 15.1 Å². The highest BCUT2D eigenvalue weighted by Crippen LogP contribution is 2.35. The summed E-state index contributed by atoms with van der Waals surface area (Å²) in [5, 5.41) is 7.17. The minimum atomic E-state index is -0.733. The molecule has 2 aromatic carbocycles. The van der Waals surface area contributed by atoms with Crippen molar-refractivity contribution in [3.63, 3.8) is 0 Å². The molecule has 1 unspecified atom stereocenters. The highest BCUT2D eigenvalue weighted by Gasteiger charge is 2.18. The van der Waals surface area contributed by atoms with Crippen LogP contribution in [0.25, 0.3) is 11.3 Å². The van der Waals surface area contributed by atoms with Crippen LogP contribution in [0, 0.1) is 0 Å². The molecular weight excluding hydrogens is 414 g/mol. The third kappa shape index (κ3) is 4.83. The van der Waals surface area contributed by atoms with E-state index in [1.807, 2.05) is 24.3 Å². The van der Waals surface area contributed by atoms with Crippen LogP contribution >= 0.6 is 0 Å². The second-order valence-corrected chi connectivity index (χ2v) is 7.08. The van der Waals surface area contributed by atoms with E-state index in [9.17, 15) is 9.59 Å². The Bertz CT molecular complexity index is 1180. The minimum absolute atomic E-state index is 0.168. The third-order valence-corrected chi connectivity index (χ3v) is 4.88. The summed E-state index contributed by atoms with van der Waals surface area (Å²) in [6.07, 6.45) is -0.733. The zero-order valence-corrected chi connectivity index (χ0v) is 17.7. The summed E-state index contributed by atoms with van der Waals surface area (Å²) < 4.78 is 22.8. The van der Waals surface area contributed by atoms with Crippen LogP contribution in [-0.2, 0) is 11.3 Å². The lowest BCUT2D eigenvalue weighted by atomic mass is 10.1. The average Bonchev–Trinajstić information content (AvgIpc) is 3.28. The molecule has 1 aromatic heterocycles. The first-order valence-corrected chi connectivity index (χ1v) is 10.1. The zero-order chi connectivity index (χ0) is 22.5. The summed E-state index contributed by atoms with van der Waals surface area (Å²) in [5.74, 6) is 2.12. The van der Waals surface area contributed by atoms with Gasteiger partial charge in [0, 0.05) is 24.2 Å². The Kier molecular flexibility index (Phi) is 6.25. The molecule has 0 saturated carbocycles. The summed E-state index contributed by atoms with van der Waals surface area (Å²) in [6, 6.07) is 15.7. The number of benzene rings is 2. The lowest BCUT2D eigenvalue weighted by Gasteiger charge is -2.15. The Morgan fingerprint density at radius 1 is 1.12 bits per heavy atom. The SMILES string of the molecule is COc1cccc(-c2ccc(=O)n(CCNC(=O)C(C)Oc3ccc4c(c3)OCO4)n2)c1. The molecule has 166 valence electrons. The van der Waals surface area contributed by atoms with Crippen LogP contribution in [0.4, 0.5) is 0 Å². The molecule has 3 aromatic rings. The van der Waals surface area contributed by atoms with Gasteiger partial charge in [-0.3, -0.25) is 9.59 Å². The van der Waals surface area contributed by atoms with Crippen molar-refractivity contribution in [2.75, 3.05) is 20.4 Å². The number of ether oxygens (including phenoxy) is 4. The van der Waals surface area contributed by atoms with Crippen LogP contribution < -0.4 is 29.8 Å². The van der Waals surface area contributed by atoms with Crippen molar-refractivity contribution in [2.45, 2.75) is 19.6 Å². The van der Waals surface area contributed by atoms with E-state index in [4.69, 9.17) is 18.9 Å². The van der Waals surface area contributed by atoms with Gasteiger partial charge in [0.1, 0.15) is 11.5 Å². The fourth-order valence-corrected chi connectivity index (χ4v) is 3.18. The molecule has 0 saturated heterocycles. The van der Waals surface area contributed by atoms with Gasteiger partial charge in [-0.15, -0.1) is 0 Å². The van der Waals surface area contributed by atoms with E-state index < -0.39 is 6.10 Å². The van der Waals surface area contributed by atoms with Crippen molar-refractivity contribution in [3.8, 4) is 34.3 Å². The number of fused-ring (bicyclic) bond motifs is 1. The normalized spacial score (nSPS) is 12.8. The van der Waals surface area contributed by atoms with Crippen molar-refractivity contribution in [2.24, 2.45) is 0 Å². The molecule has 0 bridgehead atoms. The van der Waals surface area contributed by atoms with Gasteiger partial charge in [-0.05, 0) is 37.3 Å². The number of methoxy groups -OCH3 is 1. The highest BCUT2D eigenvalue weighted by molar-refractivity contribution is 5.80. The topological polar surface area (TPSA) is 101 Å². The number of carbonyl (C=O) groups excluding carboxylic acids is 1. The van der Waals surface area contributed by atoms with Gasteiger partial charge in [0.15, 0.2) is 17.6 Å². The molecule has 2 heterocycles. The van der Waals surface area contributed by atoms with Crippen LogP contribution in [-0.4, -0.2) is 42.2 Å². The molecule has 0 spiro atoms. The fraction of sp³-hybridized carbons (Fsp3) is 0.261. The molecule has 1 N–H and O–H groups in total. The van der Waals surface area contributed by atoms with Crippen molar-refractivity contribution < 1.29 is 23.7 Å². The van der Waals surface area contributed by atoms with Gasteiger partial charge >= 0.3 is 0 Å². The molecule has 1 atom stereocenters. The van der Waals surface area contributed by atoms with Gasteiger partial charge in [0.05, 0.1) is 19.3 Å². The molecule has 32 heavy (non-hydrogen) atoms. The van der Waals surface area contributed by atoms with E-state index in [1.54, 1.807) is 38.3 Å². The monoisotopic (exact) mass is 437 g/mol. The van der Waals surface area contributed by atoms with E-state index in [2.05, 4.69) is 10.4 Å². The van der Waals surface area contributed by atoms with Crippen LogP contribution in [0.5, 0.6) is 23.0 Å². The van der Waals surface area contributed by atoms with E-state index >= 15 is 0 Å². The van der Waals surface area contributed by atoms with E-state index in [-0.39, 0.29) is 31.3 Å². The predicted molar refractivity (Wildman–Crippen MR) is 116 cm³/mol. The zero-order valence-electron chi connectivity index (χ0n) is 17.7. The second kappa shape index (κ2) is 9.42. The first-order valence-electron chi connectivity index (χ1n) is 10.1. The Hall–Kier alpha value is -4.01. The summed E-state index contributed by atoms with van der Waals surface area (Å²) in [7, 11) is 1.59. The van der Waals surface area contributed by atoms with Crippen molar-refractivity contribution in [3.05, 3.63) is 65.0 Å². The Balaban J connectivity index is 1.34. The number of carbonyl (C=O) groups is 1. The van der Waals surface area contributed by atoms with Crippen LogP contribution in [0.15, 0.2) is 59.4 Å². The lowest BCUT2D eigenvalue weighted by molar-refractivity contribution is -0.127. The molecule has 0 radical (unpaired) electrons. The average molecular weight is 437 g/mol. The molecule has 0 fully saturated rings. The Morgan fingerprint density at radius 2 is 1.97 bits per heavy atom. The molecule has 0 aliphatic carbocycles. The lowest BCUT2D eigenvalue weighted by Crippen LogP contribution is -2.39. The molecule has 9 heteroatoms. The second-order valence-electron chi connectivity index (χ2n) is 7.08. The number of hydrogen-bond donors (Lipinski definition) is 1. The van der Waals surface area contributed by atoms with E-state index in [0.717, 1.165) is 5.56 Å². The van der Waals surface area contributed by atoms with Gasteiger partial charge in [-0.2, -0.15) is 5.10 Å². The molecule has 1 aliphatic rings. The predicted octanol–water partition coefficient (Wildman–Crippen LogP) is 2.23. The van der Waals surface area contributed by atoms with Gasteiger partial charge in [-0.1, -0.05) is 12.1 Å².